The number of hydrogen-bond acceptors (Lipinski definition) is 6. The van der Waals surface area contributed by atoms with Crippen LogP contribution in [0.15, 0.2) is 29.4 Å². The Morgan fingerprint density at radius 3 is 2.53 bits per heavy atom. The number of nitrogens with one attached hydrogen (secondary N) is 1. The smallest absolute Gasteiger partial charge is 0.237 e. The molecule has 1 aliphatic carbocycles. The van der Waals surface area contributed by atoms with Gasteiger partial charge in [0.25, 0.3) is 0 Å². The average molecular weight is 430 g/mol. The van der Waals surface area contributed by atoms with Crippen LogP contribution in [0.4, 0.5) is 11.4 Å². The van der Waals surface area contributed by atoms with E-state index in [1.54, 1.807) is 0 Å². The van der Waals surface area contributed by atoms with Crippen molar-refractivity contribution in [1.29, 1.82) is 0 Å². The summed E-state index contributed by atoms with van der Waals surface area (Å²) in [4.78, 5) is 15.1. The van der Waals surface area contributed by atoms with Gasteiger partial charge in [0.15, 0.2) is 5.16 Å². The van der Waals surface area contributed by atoms with E-state index in [0.29, 0.717) is 6.04 Å². The van der Waals surface area contributed by atoms with Crippen LogP contribution in [0.2, 0.25) is 0 Å². The number of aromatic nitrogens is 3. The summed E-state index contributed by atoms with van der Waals surface area (Å²) >= 11 is 1.49. The van der Waals surface area contributed by atoms with Crippen LogP contribution in [0.25, 0.3) is 0 Å². The van der Waals surface area contributed by atoms with Crippen molar-refractivity contribution in [3.05, 3.63) is 30.1 Å². The SMILES string of the molecule is Cc1nnc(SC(C)C(=O)Nc2ccc(N3CCOCC3)cc2)n1C1CCCCC1. The van der Waals surface area contributed by atoms with Crippen molar-refractivity contribution >= 4 is 29.0 Å². The second-order valence-electron chi connectivity index (χ2n) is 8.09. The van der Waals surface area contributed by atoms with E-state index in [4.69, 9.17) is 4.74 Å². The number of amides is 1. The molecule has 1 unspecified atom stereocenters. The van der Waals surface area contributed by atoms with Crippen LogP contribution in [-0.4, -0.2) is 52.2 Å². The Hall–Kier alpha value is -2.06. The van der Waals surface area contributed by atoms with Crippen molar-refractivity contribution < 1.29 is 9.53 Å². The third kappa shape index (κ3) is 4.98. The van der Waals surface area contributed by atoms with Gasteiger partial charge in [0, 0.05) is 30.5 Å². The van der Waals surface area contributed by atoms with Crippen molar-refractivity contribution in [3.63, 3.8) is 0 Å². The fourth-order valence-corrected chi connectivity index (χ4v) is 5.19. The number of nitrogens with zero attached hydrogens (tertiary/aromatic N) is 4. The minimum atomic E-state index is -0.255. The maximum atomic E-state index is 12.8. The van der Waals surface area contributed by atoms with Crippen LogP contribution in [0.1, 0.15) is 50.9 Å². The molecule has 2 aromatic rings. The number of anilines is 2. The molecule has 0 spiro atoms. The van der Waals surface area contributed by atoms with Crippen LogP contribution < -0.4 is 10.2 Å². The summed E-state index contributed by atoms with van der Waals surface area (Å²) in [5.74, 6) is 0.922. The minimum absolute atomic E-state index is 0.0185. The molecule has 30 heavy (non-hydrogen) atoms. The Morgan fingerprint density at radius 1 is 1.13 bits per heavy atom. The lowest BCUT2D eigenvalue weighted by Gasteiger charge is -2.29. The molecule has 1 saturated carbocycles. The largest absolute Gasteiger partial charge is 0.378 e. The van der Waals surface area contributed by atoms with Crippen molar-refractivity contribution in [2.24, 2.45) is 0 Å². The van der Waals surface area contributed by atoms with E-state index in [-0.39, 0.29) is 11.2 Å². The highest BCUT2D eigenvalue weighted by Crippen LogP contribution is 2.33. The monoisotopic (exact) mass is 429 g/mol. The molecular formula is C22H31N5O2S. The fourth-order valence-electron chi connectivity index (χ4n) is 4.22. The standard InChI is InChI=1S/C22H31N5O2S/c1-16(30-22-25-24-17(2)27(22)20-6-4-3-5-7-20)21(28)23-18-8-10-19(11-9-18)26-12-14-29-15-13-26/h8-11,16,20H,3-7,12-15H2,1-2H3,(H,23,28). The van der Waals surface area contributed by atoms with Gasteiger partial charge in [0.1, 0.15) is 5.82 Å². The Balaban J connectivity index is 1.36. The summed E-state index contributed by atoms with van der Waals surface area (Å²) in [5, 5.41) is 12.3. The molecule has 1 atom stereocenters. The van der Waals surface area contributed by atoms with Crippen LogP contribution >= 0.6 is 11.8 Å². The first-order chi connectivity index (χ1) is 14.6. The molecule has 2 aliphatic rings. The van der Waals surface area contributed by atoms with E-state index in [1.807, 2.05) is 26.0 Å². The molecule has 1 amide bonds. The number of aryl methyl sites for hydroxylation is 1. The Morgan fingerprint density at radius 2 is 1.83 bits per heavy atom. The van der Waals surface area contributed by atoms with Crippen molar-refractivity contribution in [2.45, 2.75) is 62.4 Å². The molecule has 4 rings (SSSR count). The molecule has 1 aromatic carbocycles. The van der Waals surface area contributed by atoms with Crippen molar-refractivity contribution in [1.82, 2.24) is 14.8 Å². The van der Waals surface area contributed by atoms with Crippen LogP contribution in [0.5, 0.6) is 0 Å². The van der Waals surface area contributed by atoms with E-state index >= 15 is 0 Å². The van der Waals surface area contributed by atoms with Crippen molar-refractivity contribution in [2.75, 3.05) is 36.5 Å². The highest BCUT2D eigenvalue weighted by Gasteiger charge is 2.24. The van der Waals surface area contributed by atoms with Gasteiger partial charge in [-0.3, -0.25) is 4.79 Å². The molecule has 0 radical (unpaired) electrons. The molecule has 8 heteroatoms. The number of rotatable bonds is 6. The highest BCUT2D eigenvalue weighted by atomic mass is 32.2. The first-order valence-corrected chi connectivity index (χ1v) is 11.8. The summed E-state index contributed by atoms with van der Waals surface area (Å²) in [6, 6.07) is 8.51. The van der Waals surface area contributed by atoms with Gasteiger partial charge >= 0.3 is 0 Å². The van der Waals surface area contributed by atoms with Gasteiger partial charge in [0.2, 0.25) is 5.91 Å². The lowest BCUT2D eigenvalue weighted by Crippen LogP contribution is -2.36. The first-order valence-electron chi connectivity index (χ1n) is 10.9. The average Bonchev–Trinajstić information content (AvgIpc) is 3.15. The van der Waals surface area contributed by atoms with Gasteiger partial charge < -0.3 is 19.5 Å². The maximum absolute atomic E-state index is 12.8. The lowest BCUT2D eigenvalue weighted by atomic mass is 9.95. The fraction of sp³-hybridized carbons (Fsp3) is 0.591. The maximum Gasteiger partial charge on any atom is 0.237 e. The Labute approximate surface area is 182 Å². The van der Waals surface area contributed by atoms with Gasteiger partial charge in [-0.2, -0.15) is 0 Å². The number of carbonyl (C=O) groups excluding carboxylic acids is 1. The molecule has 0 bridgehead atoms. The van der Waals surface area contributed by atoms with Crippen LogP contribution in [-0.2, 0) is 9.53 Å². The predicted molar refractivity (Wildman–Crippen MR) is 120 cm³/mol. The zero-order chi connectivity index (χ0) is 20.9. The number of morpholine rings is 1. The third-order valence-electron chi connectivity index (χ3n) is 5.94. The Kier molecular flexibility index (Phi) is 6.94. The minimum Gasteiger partial charge on any atom is -0.378 e. The number of carbonyl (C=O) groups is 1. The van der Waals surface area contributed by atoms with E-state index in [9.17, 15) is 4.79 Å². The van der Waals surface area contributed by atoms with E-state index in [1.165, 1.54) is 43.9 Å². The van der Waals surface area contributed by atoms with Crippen LogP contribution in [0, 0.1) is 6.92 Å². The van der Waals surface area contributed by atoms with Gasteiger partial charge in [-0.1, -0.05) is 31.0 Å². The molecule has 1 aromatic heterocycles. The van der Waals surface area contributed by atoms with Gasteiger partial charge in [-0.15, -0.1) is 10.2 Å². The first kappa shape index (κ1) is 21.2. The summed E-state index contributed by atoms with van der Waals surface area (Å²) in [7, 11) is 0. The molecule has 1 aliphatic heterocycles. The zero-order valence-corrected chi connectivity index (χ0v) is 18.7. The van der Waals surface area contributed by atoms with Gasteiger partial charge in [0.05, 0.1) is 18.5 Å². The summed E-state index contributed by atoms with van der Waals surface area (Å²) in [6.45, 7) is 7.26. The summed E-state index contributed by atoms with van der Waals surface area (Å²) in [5.41, 5.74) is 1.98. The second kappa shape index (κ2) is 9.83. The summed E-state index contributed by atoms with van der Waals surface area (Å²) < 4.78 is 7.65. The molecule has 2 heterocycles. The molecule has 1 saturated heterocycles. The van der Waals surface area contributed by atoms with E-state index in [2.05, 4.69) is 37.1 Å². The predicted octanol–water partition coefficient (Wildman–Crippen LogP) is 4.05. The Bertz CT molecular complexity index is 842. The number of ether oxygens (including phenoxy) is 1. The molecule has 162 valence electrons. The normalized spacial score (nSPS) is 18.9. The van der Waals surface area contributed by atoms with Crippen molar-refractivity contribution in [3.8, 4) is 0 Å². The number of benzene rings is 1. The van der Waals surface area contributed by atoms with Gasteiger partial charge in [-0.05, 0) is 51.0 Å². The molecule has 1 N–H and O–H groups in total. The quantitative estimate of drug-likeness (QED) is 0.699. The highest BCUT2D eigenvalue weighted by molar-refractivity contribution is 8.00. The van der Waals surface area contributed by atoms with E-state index < -0.39 is 0 Å². The van der Waals surface area contributed by atoms with Gasteiger partial charge in [-0.25, -0.2) is 0 Å². The van der Waals surface area contributed by atoms with Crippen LogP contribution in [0.3, 0.4) is 0 Å². The molecular weight excluding hydrogens is 398 g/mol. The summed E-state index contributed by atoms with van der Waals surface area (Å²) in [6.07, 6.45) is 6.15. The molecule has 7 nitrogen and oxygen atoms in total. The lowest BCUT2D eigenvalue weighted by molar-refractivity contribution is -0.115. The number of thioether (sulfide) groups is 1. The molecule has 2 fully saturated rings. The number of hydrogen-bond donors (Lipinski definition) is 1. The zero-order valence-electron chi connectivity index (χ0n) is 17.8. The van der Waals surface area contributed by atoms with E-state index in [0.717, 1.165) is 48.7 Å². The second-order valence-corrected chi connectivity index (χ2v) is 9.40. The third-order valence-corrected chi connectivity index (χ3v) is 6.99. The topological polar surface area (TPSA) is 72.3 Å².